The Kier molecular flexibility index (Phi) is 5.36. The third-order valence-corrected chi connectivity index (χ3v) is 4.51. The monoisotopic (exact) mass is 352 g/mol. The fraction of sp³-hybridized carbons (Fsp3) is 0.875. The quantitative estimate of drug-likeness (QED) is 0.782. The summed E-state index contributed by atoms with van der Waals surface area (Å²) in [5.74, 6) is -2.63. The Balaban J connectivity index is 3.40. The van der Waals surface area contributed by atoms with Crippen LogP contribution in [0.15, 0.2) is 0 Å². The van der Waals surface area contributed by atoms with Crippen LogP contribution < -0.4 is 0 Å². The Morgan fingerprint density at radius 3 is 1.96 bits per heavy atom. The van der Waals surface area contributed by atoms with Gasteiger partial charge >= 0.3 is 12.1 Å². The van der Waals surface area contributed by atoms with Crippen molar-refractivity contribution in [3.63, 3.8) is 0 Å². The second kappa shape index (κ2) is 6.20. The number of hydrogen-bond acceptors (Lipinski definition) is 4. The lowest BCUT2D eigenvalue weighted by molar-refractivity contribution is -0.297. The summed E-state index contributed by atoms with van der Waals surface area (Å²) < 4.78 is 38.0. The Morgan fingerprint density at radius 1 is 1.17 bits per heavy atom. The molecule has 0 saturated carbocycles. The summed E-state index contributed by atoms with van der Waals surface area (Å²) in [4.78, 5) is 30.9. The van der Waals surface area contributed by atoms with Crippen LogP contribution in [0.4, 0.5) is 13.2 Å². The average molecular weight is 352 g/mol. The average Bonchev–Trinajstić information content (AvgIpc) is 2.41. The van der Waals surface area contributed by atoms with Gasteiger partial charge in [-0.2, -0.15) is 13.2 Å². The van der Waals surface area contributed by atoms with Crippen LogP contribution in [0.1, 0.15) is 61.3 Å². The molecular weight excluding hydrogens is 325 g/mol. The molecule has 0 atom stereocenters. The van der Waals surface area contributed by atoms with Crippen LogP contribution in [0, 0.1) is 0 Å². The third-order valence-electron chi connectivity index (χ3n) is 4.51. The van der Waals surface area contributed by atoms with Crippen molar-refractivity contribution in [2.75, 3.05) is 6.54 Å². The maximum absolute atomic E-state index is 13.1. The molecule has 0 bridgehead atoms. The maximum Gasteiger partial charge on any atom is 0.492 e. The van der Waals surface area contributed by atoms with Crippen molar-refractivity contribution < 1.29 is 27.6 Å². The summed E-state index contributed by atoms with van der Waals surface area (Å²) in [6, 6.07) is 0. The highest BCUT2D eigenvalue weighted by Crippen LogP contribution is 2.41. The molecule has 8 heteroatoms. The fourth-order valence-electron chi connectivity index (χ4n) is 3.17. The van der Waals surface area contributed by atoms with Gasteiger partial charge in [0, 0.05) is 12.1 Å². The van der Waals surface area contributed by atoms with E-state index in [4.69, 9.17) is 4.84 Å². The third kappa shape index (κ3) is 3.53. The lowest BCUT2D eigenvalue weighted by Crippen LogP contribution is -2.75. The first-order chi connectivity index (χ1) is 10.6. The van der Waals surface area contributed by atoms with Gasteiger partial charge in [-0.05, 0) is 47.5 Å². The summed E-state index contributed by atoms with van der Waals surface area (Å²) in [6.45, 7) is 12.5. The molecule has 1 heterocycles. The Bertz CT molecular complexity index is 506. The Hall–Kier alpha value is -1.31. The molecule has 1 amide bonds. The second-order valence-electron chi connectivity index (χ2n) is 7.78. The van der Waals surface area contributed by atoms with Crippen LogP contribution in [-0.4, -0.2) is 51.2 Å². The first-order valence-electron chi connectivity index (χ1n) is 8.05. The van der Waals surface area contributed by atoms with E-state index in [0.717, 1.165) is 5.06 Å². The molecule has 0 aromatic carbocycles. The number of hydrogen-bond donors (Lipinski definition) is 0. The van der Waals surface area contributed by atoms with Crippen molar-refractivity contribution >= 4 is 11.9 Å². The van der Waals surface area contributed by atoms with Crippen molar-refractivity contribution in [3.05, 3.63) is 0 Å². The largest absolute Gasteiger partial charge is 0.492 e. The normalized spacial score (nSPS) is 21.8. The number of halogens is 3. The van der Waals surface area contributed by atoms with Crippen molar-refractivity contribution in [1.82, 2.24) is 9.96 Å². The molecule has 1 aliphatic heterocycles. The van der Waals surface area contributed by atoms with Gasteiger partial charge in [-0.1, -0.05) is 13.8 Å². The predicted octanol–water partition coefficient (Wildman–Crippen LogP) is 3.29. The van der Waals surface area contributed by atoms with Gasteiger partial charge in [0.15, 0.2) is 0 Å². The van der Waals surface area contributed by atoms with Crippen LogP contribution in [0.5, 0.6) is 0 Å². The zero-order chi connectivity index (χ0) is 19.1. The number of carbonyl (C=O) groups excluding carboxylic acids is 2. The van der Waals surface area contributed by atoms with Gasteiger partial charge < -0.3 is 9.74 Å². The molecule has 0 aromatic heterocycles. The molecule has 1 fully saturated rings. The SMILES string of the molecule is CCC1(CC)C(=O)N(C(C)(C)C)CC(C)(C)N1OC(=O)C(F)(F)F. The number of nitrogens with zero attached hydrogens (tertiary/aromatic N) is 2. The number of carbonyl (C=O) groups is 2. The van der Waals surface area contributed by atoms with Gasteiger partial charge in [0.2, 0.25) is 5.91 Å². The zero-order valence-corrected chi connectivity index (χ0v) is 15.4. The summed E-state index contributed by atoms with van der Waals surface area (Å²) in [5.41, 5.74) is -2.78. The molecule has 0 radical (unpaired) electrons. The molecule has 1 aliphatic rings. The van der Waals surface area contributed by atoms with Crippen molar-refractivity contribution in [3.8, 4) is 0 Å². The molecule has 140 valence electrons. The standard InChI is InChI=1S/C16H27F3N2O3/c1-8-15(9-2)11(22)20(13(3,4)5)10-14(6,7)21(15)24-12(23)16(17,18)19/h8-10H2,1-7H3. The van der Waals surface area contributed by atoms with Crippen LogP contribution in [0.2, 0.25) is 0 Å². The fourth-order valence-corrected chi connectivity index (χ4v) is 3.17. The smallest absolute Gasteiger partial charge is 0.359 e. The minimum absolute atomic E-state index is 0.155. The van der Waals surface area contributed by atoms with Gasteiger partial charge in [-0.3, -0.25) is 4.79 Å². The molecule has 0 unspecified atom stereocenters. The number of hydroxylamine groups is 2. The van der Waals surface area contributed by atoms with E-state index in [2.05, 4.69) is 0 Å². The second-order valence-corrected chi connectivity index (χ2v) is 7.78. The van der Waals surface area contributed by atoms with Gasteiger partial charge in [0.1, 0.15) is 5.54 Å². The molecule has 1 rings (SSSR count). The lowest BCUT2D eigenvalue weighted by Gasteiger charge is -2.57. The van der Waals surface area contributed by atoms with E-state index in [1.54, 1.807) is 32.6 Å². The van der Waals surface area contributed by atoms with E-state index in [1.165, 1.54) is 0 Å². The molecule has 0 spiro atoms. The Morgan fingerprint density at radius 2 is 1.62 bits per heavy atom. The van der Waals surface area contributed by atoms with Gasteiger partial charge in [-0.25, -0.2) is 4.79 Å². The van der Waals surface area contributed by atoms with Crippen LogP contribution in [0.25, 0.3) is 0 Å². The van der Waals surface area contributed by atoms with Gasteiger partial charge in [0.25, 0.3) is 0 Å². The first kappa shape index (κ1) is 20.7. The molecule has 0 aromatic rings. The zero-order valence-electron chi connectivity index (χ0n) is 15.4. The topological polar surface area (TPSA) is 49.9 Å². The summed E-state index contributed by atoms with van der Waals surface area (Å²) >= 11 is 0. The highest BCUT2D eigenvalue weighted by atomic mass is 19.4. The highest BCUT2D eigenvalue weighted by molar-refractivity contribution is 5.88. The molecule has 0 N–H and O–H groups in total. The molecule has 0 aliphatic carbocycles. The number of rotatable bonds is 3. The maximum atomic E-state index is 13.1. The van der Waals surface area contributed by atoms with E-state index < -0.39 is 28.8 Å². The molecular formula is C16H27F3N2O3. The van der Waals surface area contributed by atoms with Crippen LogP contribution in [-0.2, 0) is 14.4 Å². The van der Waals surface area contributed by atoms with E-state index in [0.29, 0.717) is 0 Å². The predicted molar refractivity (Wildman–Crippen MR) is 82.8 cm³/mol. The van der Waals surface area contributed by atoms with Crippen molar-refractivity contribution in [2.45, 2.75) is 84.1 Å². The number of amides is 1. The number of piperazine rings is 1. The minimum Gasteiger partial charge on any atom is -0.359 e. The van der Waals surface area contributed by atoms with Crippen LogP contribution >= 0.6 is 0 Å². The van der Waals surface area contributed by atoms with Gasteiger partial charge in [-0.15, -0.1) is 5.06 Å². The molecule has 5 nitrogen and oxygen atoms in total. The van der Waals surface area contributed by atoms with E-state index in [1.807, 2.05) is 20.8 Å². The minimum atomic E-state index is -5.12. The van der Waals surface area contributed by atoms with E-state index >= 15 is 0 Å². The number of alkyl halides is 3. The van der Waals surface area contributed by atoms with E-state index in [9.17, 15) is 22.8 Å². The summed E-state index contributed by atoms with van der Waals surface area (Å²) in [5, 5.41) is 0.973. The highest BCUT2D eigenvalue weighted by Gasteiger charge is 2.59. The van der Waals surface area contributed by atoms with E-state index in [-0.39, 0.29) is 25.3 Å². The molecule has 1 saturated heterocycles. The molecule has 24 heavy (non-hydrogen) atoms. The van der Waals surface area contributed by atoms with Gasteiger partial charge in [0.05, 0.1) is 5.54 Å². The Labute approximate surface area is 141 Å². The van der Waals surface area contributed by atoms with Crippen molar-refractivity contribution in [1.29, 1.82) is 0 Å². The summed E-state index contributed by atoms with van der Waals surface area (Å²) in [6.07, 6.45) is -4.67. The summed E-state index contributed by atoms with van der Waals surface area (Å²) in [7, 11) is 0. The first-order valence-corrected chi connectivity index (χ1v) is 8.05. The van der Waals surface area contributed by atoms with Crippen LogP contribution in [0.3, 0.4) is 0 Å². The lowest BCUT2D eigenvalue weighted by atomic mass is 9.80. The van der Waals surface area contributed by atoms with Crippen molar-refractivity contribution in [2.24, 2.45) is 0 Å².